The molecule has 3 rings (SSSR count). The molecule has 1 aliphatic rings. The summed E-state index contributed by atoms with van der Waals surface area (Å²) in [5.41, 5.74) is 3.54. The molecule has 1 amide bonds. The van der Waals surface area contributed by atoms with Crippen molar-refractivity contribution in [3.8, 4) is 0 Å². The molecule has 0 N–H and O–H groups in total. The van der Waals surface area contributed by atoms with Crippen molar-refractivity contribution in [1.82, 2.24) is 4.90 Å². The Morgan fingerprint density at radius 3 is 2.57 bits per heavy atom. The van der Waals surface area contributed by atoms with E-state index in [0.29, 0.717) is 6.42 Å². The van der Waals surface area contributed by atoms with Crippen molar-refractivity contribution in [2.75, 3.05) is 6.54 Å². The van der Waals surface area contributed by atoms with E-state index in [0.717, 1.165) is 36.4 Å². The molecule has 120 valence electrons. The van der Waals surface area contributed by atoms with Crippen LogP contribution in [0.3, 0.4) is 0 Å². The van der Waals surface area contributed by atoms with Gasteiger partial charge in [0.25, 0.3) is 0 Å². The molecule has 2 aromatic rings. The van der Waals surface area contributed by atoms with Gasteiger partial charge in [-0.05, 0) is 35.6 Å². The fourth-order valence-corrected chi connectivity index (χ4v) is 3.58. The molecule has 1 heterocycles. The third-order valence-electron chi connectivity index (χ3n) is 4.55. The third-order valence-corrected chi connectivity index (χ3v) is 4.89. The molecule has 0 aliphatic carbocycles. The van der Waals surface area contributed by atoms with Crippen LogP contribution in [0.15, 0.2) is 48.5 Å². The zero-order valence-corrected chi connectivity index (χ0v) is 14.2. The number of rotatable bonds is 4. The first-order valence-corrected chi connectivity index (χ1v) is 8.72. The maximum atomic E-state index is 12.7. The second kappa shape index (κ2) is 7.18. The molecule has 0 spiro atoms. The number of unbranched alkanes of at least 4 members (excludes halogenated alkanes) is 1. The van der Waals surface area contributed by atoms with Crippen LogP contribution in [0, 0.1) is 0 Å². The number of carbonyl (C=O) groups excluding carboxylic acids is 1. The highest BCUT2D eigenvalue weighted by Crippen LogP contribution is 2.38. The Morgan fingerprint density at radius 1 is 1.13 bits per heavy atom. The summed E-state index contributed by atoms with van der Waals surface area (Å²) in [6, 6.07) is 16.2. The van der Waals surface area contributed by atoms with Gasteiger partial charge in [0.2, 0.25) is 5.91 Å². The van der Waals surface area contributed by atoms with Gasteiger partial charge in [-0.25, -0.2) is 0 Å². The van der Waals surface area contributed by atoms with Gasteiger partial charge in [-0.15, -0.1) is 0 Å². The fraction of sp³-hybridized carbons (Fsp3) is 0.350. The highest BCUT2D eigenvalue weighted by Gasteiger charge is 2.32. The Kier molecular flexibility index (Phi) is 5.02. The van der Waals surface area contributed by atoms with Crippen molar-refractivity contribution in [3.63, 3.8) is 0 Å². The maximum Gasteiger partial charge on any atom is 0.223 e. The Bertz CT molecular complexity index is 698. The molecule has 0 bridgehead atoms. The molecular weight excluding hydrogens is 306 g/mol. The third kappa shape index (κ3) is 3.28. The van der Waals surface area contributed by atoms with E-state index in [1.165, 1.54) is 11.1 Å². The molecule has 0 aromatic heterocycles. The van der Waals surface area contributed by atoms with Crippen LogP contribution in [0.5, 0.6) is 0 Å². The molecule has 1 aliphatic heterocycles. The van der Waals surface area contributed by atoms with Crippen LogP contribution in [-0.2, 0) is 11.2 Å². The van der Waals surface area contributed by atoms with E-state index in [-0.39, 0.29) is 11.9 Å². The van der Waals surface area contributed by atoms with Gasteiger partial charge in [-0.1, -0.05) is 67.4 Å². The number of hydrogen-bond acceptors (Lipinski definition) is 1. The normalized spacial score (nSPS) is 17.0. The Balaban J connectivity index is 2.04. The van der Waals surface area contributed by atoms with Crippen molar-refractivity contribution in [2.45, 2.75) is 38.6 Å². The number of benzene rings is 2. The summed E-state index contributed by atoms with van der Waals surface area (Å²) in [6.07, 6.45) is 3.49. The van der Waals surface area contributed by atoms with E-state index in [1.807, 2.05) is 35.2 Å². The Hall–Kier alpha value is -1.80. The summed E-state index contributed by atoms with van der Waals surface area (Å²) in [7, 11) is 0. The van der Waals surface area contributed by atoms with Crippen LogP contribution >= 0.6 is 11.6 Å². The number of halogens is 1. The largest absolute Gasteiger partial charge is 0.331 e. The molecule has 0 saturated heterocycles. The predicted molar refractivity (Wildman–Crippen MR) is 94.7 cm³/mol. The Labute approximate surface area is 143 Å². The van der Waals surface area contributed by atoms with Gasteiger partial charge < -0.3 is 4.90 Å². The molecule has 0 fully saturated rings. The van der Waals surface area contributed by atoms with Gasteiger partial charge in [0, 0.05) is 18.0 Å². The van der Waals surface area contributed by atoms with Crippen LogP contribution in [0.1, 0.15) is 48.9 Å². The molecule has 0 unspecified atom stereocenters. The number of nitrogens with zero attached hydrogens (tertiary/aromatic N) is 1. The quantitative estimate of drug-likeness (QED) is 0.773. The van der Waals surface area contributed by atoms with E-state index in [4.69, 9.17) is 11.6 Å². The van der Waals surface area contributed by atoms with E-state index in [2.05, 4.69) is 25.1 Å². The van der Waals surface area contributed by atoms with Crippen molar-refractivity contribution in [1.29, 1.82) is 0 Å². The zero-order valence-electron chi connectivity index (χ0n) is 13.5. The molecule has 3 heteroatoms. The number of amides is 1. The highest BCUT2D eigenvalue weighted by molar-refractivity contribution is 6.31. The van der Waals surface area contributed by atoms with Crippen molar-refractivity contribution >= 4 is 17.5 Å². The maximum absolute atomic E-state index is 12.7. The summed E-state index contributed by atoms with van der Waals surface area (Å²) >= 11 is 6.46. The van der Waals surface area contributed by atoms with Crippen LogP contribution in [-0.4, -0.2) is 17.4 Å². The lowest BCUT2D eigenvalue weighted by Gasteiger charge is -2.38. The van der Waals surface area contributed by atoms with Crippen LogP contribution < -0.4 is 0 Å². The van der Waals surface area contributed by atoms with Crippen LogP contribution in [0.2, 0.25) is 5.02 Å². The number of carbonyl (C=O) groups is 1. The minimum Gasteiger partial charge on any atom is -0.331 e. The monoisotopic (exact) mass is 327 g/mol. The number of fused-ring (bicyclic) bond motifs is 1. The molecule has 2 nitrogen and oxygen atoms in total. The SMILES string of the molecule is CCCCC(=O)N1CCc2ccccc2[C@@H]1c1ccccc1Cl. The van der Waals surface area contributed by atoms with Gasteiger partial charge >= 0.3 is 0 Å². The summed E-state index contributed by atoms with van der Waals surface area (Å²) in [5.74, 6) is 0.228. The summed E-state index contributed by atoms with van der Waals surface area (Å²) < 4.78 is 0. The summed E-state index contributed by atoms with van der Waals surface area (Å²) in [5, 5.41) is 0.725. The van der Waals surface area contributed by atoms with E-state index >= 15 is 0 Å². The first-order valence-electron chi connectivity index (χ1n) is 8.34. The first kappa shape index (κ1) is 16.1. The van der Waals surface area contributed by atoms with Gasteiger partial charge in [0.05, 0.1) is 6.04 Å². The van der Waals surface area contributed by atoms with Gasteiger partial charge in [-0.3, -0.25) is 4.79 Å². The van der Waals surface area contributed by atoms with E-state index in [1.54, 1.807) is 0 Å². The lowest BCUT2D eigenvalue weighted by atomic mass is 9.88. The topological polar surface area (TPSA) is 20.3 Å². The smallest absolute Gasteiger partial charge is 0.223 e. The second-order valence-corrected chi connectivity index (χ2v) is 6.47. The molecule has 2 aromatic carbocycles. The molecular formula is C20H22ClNO. The summed E-state index contributed by atoms with van der Waals surface area (Å²) in [4.78, 5) is 14.8. The minimum absolute atomic E-state index is 0.0713. The van der Waals surface area contributed by atoms with Crippen molar-refractivity contribution in [3.05, 3.63) is 70.2 Å². The average molecular weight is 328 g/mol. The lowest BCUT2D eigenvalue weighted by Crippen LogP contribution is -2.40. The molecule has 0 radical (unpaired) electrons. The second-order valence-electron chi connectivity index (χ2n) is 6.06. The van der Waals surface area contributed by atoms with Gasteiger partial charge in [0.1, 0.15) is 0 Å². The molecule has 1 atom stereocenters. The van der Waals surface area contributed by atoms with Crippen LogP contribution in [0.25, 0.3) is 0 Å². The summed E-state index contributed by atoms with van der Waals surface area (Å²) in [6.45, 7) is 2.87. The number of hydrogen-bond donors (Lipinski definition) is 0. The van der Waals surface area contributed by atoms with Crippen LogP contribution in [0.4, 0.5) is 0 Å². The first-order chi connectivity index (χ1) is 11.2. The highest BCUT2D eigenvalue weighted by atomic mass is 35.5. The molecule has 23 heavy (non-hydrogen) atoms. The Morgan fingerprint density at radius 2 is 1.83 bits per heavy atom. The molecule has 0 saturated carbocycles. The average Bonchev–Trinajstić information content (AvgIpc) is 2.59. The van der Waals surface area contributed by atoms with E-state index in [9.17, 15) is 4.79 Å². The van der Waals surface area contributed by atoms with Gasteiger partial charge in [0.15, 0.2) is 0 Å². The minimum atomic E-state index is -0.0713. The predicted octanol–water partition coefficient (Wildman–Crippen LogP) is 5.00. The zero-order chi connectivity index (χ0) is 16.2. The lowest BCUT2D eigenvalue weighted by molar-refractivity contribution is -0.133. The van der Waals surface area contributed by atoms with Gasteiger partial charge in [-0.2, -0.15) is 0 Å². The van der Waals surface area contributed by atoms with Crippen molar-refractivity contribution < 1.29 is 4.79 Å². The standard InChI is InChI=1S/C20H22ClNO/c1-2-3-12-19(23)22-14-13-15-8-4-5-9-16(15)20(22)17-10-6-7-11-18(17)21/h4-11,20H,2-3,12-14H2,1H3/t20-/m1/s1. The van der Waals surface area contributed by atoms with Crippen molar-refractivity contribution in [2.24, 2.45) is 0 Å². The van der Waals surface area contributed by atoms with E-state index < -0.39 is 0 Å². The fourth-order valence-electron chi connectivity index (χ4n) is 3.34.